The summed E-state index contributed by atoms with van der Waals surface area (Å²) >= 11 is 0. The molecule has 1 aromatic carbocycles. The molecule has 0 unspecified atom stereocenters. The van der Waals surface area contributed by atoms with Crippen LogP contribution < -0.4 is 5.32 Å². The van der Waals surface area contributed by atoms with Gasteiger partial charge in [-0.15, -0.1) is 0 Å². The highest BCUT2D eigenvalue weighted by molar-refractivity contribution is 5.84. The topological polar surface area (TPSA) is 57.8 Å². The molecule has 1 heterocycles. The van der Waals surface area contributed by atoms with E-state index < -0.39 is 0 Å². The average molecular weight is 335 g/mol. The minimum absolute atomic E-state index is 0.0177. The molecule has 3 aliphatic carbocycles. The molecular weight excluding hydrogens is 310 g/mol. The maximum Gasteiger partial charge on any atom is 0.227 e. The molecule has 1 amide bonds. The largest absolute Gasteiger partial charge is 0.355 e. The first kappa shape index (κ1) is 15.2. The molecule has 1 saturated carbocycles. The van der Waals surface area contributed by atoms with E-state index in [0.29, 0.717) is 11.3 Å². The number of hydrogen-bond acceptors (Lipinski definition) is 2. The smallest absolute Gasteiger partial charge is 0.227 e. The summed E-state index contributed by atoms with van der Waals surface area (Å²) in [5.74, 6) is 0.773. The number of H-pyrrole nitrogens is 1. The molecule has 0 bridgehead atoms. The van der Waals surface area contributed by atoms with E-state index in [2.05, 4.69) is 39.8 Å². The molecule has 130 valence electrons. The Kier molecular flexibility index (Phi) is 3.47. The number of aromatic nitrogens is 2. The van der Waals surface area contributed by atoms with E-state index in [1.165, 1.54) is 31.2 Å². The van der Waals surface area contributed by atoms with E-state index in [9.17, 15) is 4.79 Å². The molecule has 25 heavy (non-hydrogen) atoms. The molecule has 3 aliphatic rings. The van der Waals surface area contributed by atoms with Crippen LogP contribution in [0.4, 0.5) is 0 Å². The van der Waals surface area contributed by atoms with Gasteiger partial charge >= 0.3 is 0 Å². The van der Waals surface area contributed by atoms with Crippen LogP contribution in [-0.2, 0) is 23.1 Å². The molecule has 3 atom stereocenters. The third-order valence-corrected chi connectivity index (χ3v) is 6.74. The minimum atomic E-state index is -0.0177. The number of hydrogen-bond donors (Lipinski definition) is 2. The molecule has 1 spiro atoms. The molecule has 2 aromatic rings. The Hall–Kier alpha value is -2.10. The van der Waals surface area contributed by atoms with Crippen molar-refractivity contribution < 1.29 is 4.79 Å². The minimum Gasteiger partial charge on any atom is -0.355 e. The molecular formula is C21H25N3O. The van der Waals surface area contributed by atoms with Crippen LogP contribution in [0, 0.1) is 5.92 Å². The Bertz CT molecular complexity index is 811. The lowest BCUT2D eigenvalue weighted by Gasteiger charge is -2.27. The van der Waals surface area contributed by atoms with Gasteiger partial charge in [-0.1, -0.05) is 24.3 Å². The van der Waals surface area contributed by atoms with Crippen molar-refractivity contribution in [1.29, 1.82) is 0 Å². The monoisotopic (exact) mass is 335 g/mol. The third kappa shape index (κ3) is 2.42. The first-order valence-corrected chi connectivity index (χ1v) is 9.66. The lowest BCUT2D eigenvalue weighted by atomic mass is 9.78. The summed E-state index contributed by atoms with van der Waals surface area (Å²) in [4.78, 5) is 12.8. The number of carbonyl (C=O) groups excluding carboxylic acids is 1. The van der Waals surface area contributed by atoms with Crippen molar-refractivity contribution in [3.63, 3.8) is 0 Å². The van der Waals surface area contributed by atoms with Gasteiger partial charge in [0.1, 0.15) is 0 Å². The standard InChI is InChI=1S/C21H25N3O/c25-20(16-7-3-9-19-17(16)13-23-24-19)22-12-15-11-21(15)10-4-6-14-5-1-2-8-18(14)21/h1-2,5,8,13,15-16H,3-4,6-7,9-12H2,(H,22,25)(H,23,24)/t15-,16-,21+/m0/s1. The zero-order chi connectivity index (χ0) is 16.9. The fraction of sp³-hybridized carbons (Fsp3) is 0.524. The number of rotatable bonds is 3. The zero-order valence-electron chi connectivity index (χ0n) is 14.6. The predicted octanol–water partition coefficient (Wildman–Crippen LogP) is 3.24. The summed E-state index contributed by atoms with van der Waals surface area (Å²) < 4.78 is 0. The Morgan fingerprint density at radius 1 is 1.28 bits per heavy atom. The molecule has 0 radical (unpaired) electrons. The van der Waals surface area contributed by atoms with E-state index in [-0.39, 0.29) is 11.8 Å². The van der Waals surface area contributed by atoms with Crippen molar-refractivity contribution in [2.24, 2.45) is 5.92 Å². The van der Waals surface area contributed by atoms with Gasteiger partial charge in [-0.05, 0) is 62.0 Å². The lowest BCUT2D eigenvalue weighted by Crippen LogP contribution is -2.34. The molecule has 4 nitrogen and oxygen atoms in total. The van der Waals surface area contributed by atoms with Crippen molar-refractivity contribution >= 4 is 5.91 Å². The molecule has 1 aromatic heterocycles. The number of amides is 1. The lowest BCUT2D eigenvalue weighted by molar-refractivity contribution is -0.122. The third-order valence-electron chi connectivity index (χ3n) is 6.74. The summed E-state index contributed by atoms with van der Waals surface area (Å²) in [5.41, 5.74) is 5.68. The maximum atomic E-state index is 12.8. The fourth-order valence-electron chi connectivity index (χ4n) is 5.32. The number of aryl methyl sites for hydroxylation is 2. The predicted molar refractivity (Wildman–Crippen MR) is 96.4 cm³/mol. The van der Waals surface area contributed by atoms with Gasteiger partial charge < -0.3 is 5.32 Å². The Morgan fingerprint density at radius 2 is 2.20 bits per heavy atom. The molecule has 0 saturated heterocycles. The quantitative estimate of drug-likeness (QED) is 0.905. The molecule has 1 fully saturated rings. The summed E-state index contributed by atoms with van der Waals surface area (Å²) in [6, 6.07) is 8.92. The van der Waals surface area contributed by atoms with Gasteiger partial charge in [0.05, 0.1) is 12.1 Å². The average Bonchev–Trinajstić information content (AvgIpc) is 3.11. The fourth-order valence-corrected chi connectivity index (χ4v) is 5.32. The number of fused-ring (bicyclic) bond motifs is 3. The van der Waals surface area contributed by atoms with E-state index in [4.69, 9.17) is 0 Å². The van der Waals surface area contributed by atoms with Gasteiger partial charge in [0.2, 0.25) is 5.91 Å². The summed E-state index contributed by atoms with van der Waals surface area (Å²) in [6.07, 6.45) is 9.86. The molecule has 5 rings (SSSR count). The first-order chi connectivity index (χ1) is 12.3. The van der Waals surface area contributed by atoms with Crippen LogP contribution >= 0.6 is 0 Å². The zero-order valence-corrected chi connectivity index (χ0v) is 14.6. The van der Waals surface area contributed by atoms with Gasteiger partial charge in [0.15, 0.2) is 0 Å². The summed E-state index contributed by atoms with van der Waals surface area (Å²) in [7, 11) is 0. The highest BCUT2D eigenvalue weighted by atomic mass is 16.1. The number of benzene rings is 1. The van der Waals surface area contributed by atoms with Gasteiger partial charge in [0, 0.05) is 23.2 Å². The van der Waals surface area contributed by atoms with Crippen LogP contribution in [0.5, 0.6) is 0 Å². The van der Waals surface area contributed by atoms with Crippen LogP contribution in [0.1, 0.15) is 60.4 Å². The van der Waals surface area contributed by atoms with Gasteiger partial charge in [0.25, 0.3) is 0 Å². The second kappa shape index (κ2) is 5.72. The van der Waals surface area contributed by atoms with Crippen LogP contribution in [0.2, 0.25) is 0 Å². The highest BCUT2D eigenvalue weighted by Crippen LogP contribution is 2.59. The Balaban J connectivity index is 1.27. The normalized spacial score (nSPS) is 29.8. The van der Waals surface area contributed by atoms with Gasteiger partial charge in [-0.25, -0.2) is 0 Å². The van der Waals surface area contributed by atoms with Crippen molar-refractivity contribution in [3.05, 3.63) is 52.8 Å². The molecule has 0 aliphatic heterocycles. The van der Waals surface area contributed by atoms with E-state index in [0.717, 1.165) is 37.1 Å². The second-order valence-corrected chi connectivity index (χ2v) is 8.06. The van der Waals surface area contributed by atoms with Crippen molar-refractivity contribution in [2.75, 3.05) is 6.54 Å². The van der Waals surface area contributed by atoms with Crippen LogP contribution in [0.25, 0.3) is 0 Å². The van der Waals surface area contributed by atoms with E-state index >= 15 is 0 Å². The molecule has 4 heteroatoms. The van der Waals surface area contributed by atoms with Gasteiger partial charge in [-0.2, -0.15) is 5.10 Å². The van der Waals surface area contributed by atoms with Gasteiger partial charge in [-0.3, -0.25) is 9.89 Å². The number of nitrogens with zero attached hydrogens (tertiary/aromatic N) is 1. The van der Waals surface area contributed by atoms with Crippen molar-refractivity contribution in [3.8, 4) is 0 Å². The number of aromatic amines is 1. The SMILES string of the molecule is O=C(NC[C@@H]1C[C@]12CCCc1ccccc12)[C@H]1CCCc2[nH]ncc21. The van der Waals surface area contributed by atoms with Crippen molar-refractivity contribution in [1.82, 2.24) is 15.5 Å². The van der Waals surface area contributed by atoms with Crippen LogP contribution in [-0.4, -0.2) is 22.6 Å². The first-order valence-electron chi connectivity index (χ1n) is 9.66. The molecule has 2 N–H and O–H groups in total. The van der Waals surface area contributed by atoms with E-state index in [1.54, 1.807) is 5.56 Å². The highest BCUT2D eigenvalue weighted by Gasteiger charge is 2.56. The van der Waals surface area contributed by atoms with Crippen LogP contribution in [0.15, 0.2) is 30.5 Å². The second-order valence-electron chi connectivity index (χ2n) is 8.06. The number of carbonyl (C=O) groups is 1. The van der Waals surface area contributed by atoms with Crippen LogP contribution in [0.3, 0.4) is 0 Å². The Morgan fingerprint density at radius 3 is 3.16 bits per heavy atom. The maximum absolute atomic E-state index is 12.8. The number of nitrogens with one attached hydrogen (secondary N) is 2. The van der Waals surface area contributed by atoms with E-state index in [1.807, 2.05) is 6.20 Å². The summed E-state index contributed by atoms with van der Waals surface area (Å²) in [6.45, 7) is 0.816. The Labute approximate surface area is 148 Å². The summed E-state index contributed by atoms with van der Waals surface area (Å²) in [5, 5.41) is 10.4. The van der Waals surface area contributed by atoms with Crippen molar-refractivity contribution in [2.45, 2.75) is 56.3 Å².